The zero-order chi connectivity index (χ0) is 14.1. The molecule has 106 valence electrons. The van der Waals surface area contributed by atoms with Gasteiger partial charge in [0.2, 0.25) is 0 Å². The molecule has 0 aliphatic carbocycles. The SMILES string of the molecule is Cc1ccc(-c2nccn2C2CCNCC2)c(Cl)c1Cl. The molecule has 0 amide bonds. The van der Waals surface area contributed by atoms with Crippen LogP contribution in [0.3, 0.4) is 0 Å². The van der Waals surface area contributed by atoms with Crippen LogP contribution in [0.1, 0.15) is 24.4 Å². The molecule has 2 heterocycles. The first-order valence-electron chi connectivity index (χ1n) is 6.87. The van der Waals surface area contributed by atoms with Crippen LogP contribution in [0.25, 0.3) is 11.4 Å². The fraction of sp³-hybridized carbons (Fsp3) is 0.400. The number of aromatic nitrogens is 2. The maximum absolute atomic E-state index is 6.40. The zero-order valence-corrected chi connectivity index (χ0v) is 12.9. The maximum atomic E-state index is 6.40. The van der Waals surface area contributed by atoms with Gasteiger partial charge in [-0.05, 0) is 44.5 Å². The van der Waals surface area contributed by atoms with E-state index in [2.05, 4.69) is 14.9 Å². The van der Waals surface area contributed by atoms with Crippen LogP contribution in [-0.4, -0.2) is 22.6 Å². The number of imidazole rings is 1. The van der Waals surface area contributed by atoms with Crippen molar-refractivity contribution in [3.8, 4) is 11.4 Å². The molecule has 0 saturated carbocycles. The molecule has 3 rings (SSSR count). The van der Waals surface area contributed by atoms with Gasteiger partial charge in [-0.2, -0.15) is 0 Å². The molecule has 1 aliphatic rings. The van der Waals surface area contributed by atoms with Crippen molar-refractivity contribution in [3.05, 3.63) is 40.1 Å². The third-order valence-corrected chi connectivity index (χ3v) is 4.86. The van der Waals surface area contributed by atoms with Crippen LogP contribution in [0, 0.1) is 6.92 Å². The number of nitrogens with zero attached hydrogens (tertiary/aromatic N) is 2. The van der Waals surface area contributed by atoms with Crippen molar-refractivity contribution >= 4 is 23.2 Å². The number of piperidine rings is 1. The van der Waals surface area contributed by atoms with Crippen molar-refractivity contribution in [2.75, 3.05) is 13.1 Å². The summed E-state index contributed by atoms with van der Waals surface area (Å²) in [7, 11) is 0. The van der Waals surface area contributed by atoms with Crippen LogP contribution >= 0.6 is 23.2 Å². The molecule has 0 spiro atoms. The average molecular weight is 310 g/mol. The Kier molecular flexibility index (Phi) is 4.01. The van der Waals surface area contributed by atoms with Gasteiger partial charge in [0.15, 0.2) is 0 Å². The van der Waals surface area contributed by atoms with E-state index in [4.69, 9.17) is 23.2 Å². The maximum Gasteiger partial charge on any atom is 0.141 e. The van der Waals surface area contributed by atoms with Crippen LogP contribution in [0.5, 0.6) is 0 Å². The van der Waals surface area contributed by atoms with E-state index in [0.29, 0.717) is 16.1 Å². The number of aryl methyl sites for hydroxylation is 1. The second-order valence-corrected chi connectivity index (χ2v) is 5.95. The van der Waals surface area contributed by atoms with Gasteiger partial charge in [0.05, 0.1) is 10.0 Å². The molecule has 1 aromatic carbocycles. The highest BCUT2D eigenvalue weighted by Gasteiger charge is 2.20. The van der Waals surface area contributed by atoms with E-state index < -0.39 is 0 Å². The zero-order valence-electron chi connectivity index (χ0n) is 11.4. The lowest BCUT2D eigenvalue weighted by atomic mass is 10.1. The molecular weight excluding hydrogens is 293 g/mol. The predicted octanol–water partition coefficient (Wildman–Crippen LogP) is 4.09. The molecule has 1 aromatic heterocycles. The average Bonchev–Trinajstić information content (AvgIpc) is 2.95. The fourth-order valence-electron chi connectivity index (χ4n) is 2.72. The van der Waals surface area contributed by atoms with Crippen LogP contribution in [0.2, 0.25) is 10.0 Å². The van der Waals surface area contributed by atoms with Crippen molar-refractivity contribution < 1.29 is 0 Å². The normalized spacial score (nSPS) is 16.6. The number of rotatable bonds is 2. The van der Waals surface area contributed by atoms with E-state index in [9.17, 15) is 0 Å². The summed E-state index contributed by atoms with van der Waals surface area (Å²) in [5.74, 6) is 0.906. The first kappa shape index (κ1) is 13.9. The second-order valence-electron chi connectivity index (χ2n) is 5.20. The molecule has 1 saturated heterocycles. The monoisotopic (exact) mass is 309 g/mol. The van der Waals surface area contributed by atoms with Crippen LogP contribution < -0.4 is 5.32 Å². The van der Waals surface area contributed by atoms with Gasteiger partial charge in [-0.15, -0.1) is 0 Å². The van der Waals surface area contributed by atoms with Crippen molar-refractivity contribution in [1.29, 1.82) is 0 Å². The van der Waals surface area contributed by atoms with Crippen LogP contribution in [0.15, 0.2) is 24.5 Å². The highest BCUT2D eigenvalue weighted by Crippen LogP contribution is 2.36. The van der Waals surface area contributed by atoms with Gasteiger partial charge in [0, 0.05) is 24.0 Å². The predicted molar refractivity (Wildman–Crippen MR) is 83.6 cm³/mol. The Balaban J connectivity index is 2.03. The van der Waals surface area contributed by atoms with Gasteiger partial charge < -0.3 is 9.88 Å². The summed E-state index contributed by atoms with van der Waals surface area (Å²) in [6.45, 7) is 4.05. The van der Waals surface area contributed by atoms with Crippen molar-refractivity contribution in [2.45, 2.75) is 25.8 Å². The minimum atomic E-state index is 0.477. The van der Waals surface area contributed by atoms with E-state index in [0.717, 1.165) is 42.9 Å². The Morgan fingerprint density at radius 1 is 1.20 bits per heavy atom. The first-order valence-corrected chi connectivity index (χ1v) is 7.62. The van der Waals surface area contributed by atoms with Crippen molar-refractivity contribution in [2.24, 2.45) is 0 Å². The Bertz CT molecular complexity index is 616. The molecular formula is C15H17Cl2N3. The van der Waals surface area contributed by atoms with E-state index in [1.807, 2.05) is 31.5 Å². The number of benzene rings is 1. The second kappa shape index (κ2) is 5.76. The summed E-state index contributed by atoms with van der Waals surface area (Å²) in [6, 6.07) is 4.47. The van der Waals surface area contributed by atoms with E-state index in [1.54, 1.807) is 0 Å². The molecule has 1 fully saturated rings. The van der Waals surface area contributed by atoms with E-state index in [1.165, 1.54) is 0 Å². The Labute approximate surface area is 128 Å². The van der Waals surface area contributed by atoms with Crippen molar-refractivity contribution in [1.82, 2.24) is 14.9 Å². The molecule has 3 nitrogen and oxygen atoms in total. The van der Waals surface area contributed by atoms with Crippen LogP contribution in [0.4, 0.5) is 0 Å². The van der Waals surface area contributed by atoms with E-state index in [-0.39, 0.29) is 0 Å². The fourth-order valence-corrected chi connectivity index (χ4v) is 3.18. The smallest absolute Gasteiger partial charge is 0.141 e. The Morgan fingerprint density at radius 2 is 1.95 bits per heavy atom. The molecule has 20 heavy (non-hydrogen) atoms. The lowest BCUT2D eigenvalue weighted by Crippen LogP contribution is -2.29. The van der Waals surface area contributed by atoms with Gasteiger partial charge in [0.1, 0.15) is 5.82 Å². The molecule has 1 N–H and O–H groups in total. The topological polar surface area (TPSA) is 29.9 Å². The highest BCUT2D eigenvalue weighted by atomic mass is 35.5. The quantitative estimate of drug-likeness (QED) is 0.905. The third kappa shape index (κ3) is 2.46. The summed E-state index contributed by atoms with van der Waals surface area (Å²) in [5, 5.41) is 4.59. The van der Waals surface area contributed by atoms with Crippen LogP contribution in [-0.2, 0) is 0 Å². The summed E-state index contributed by atoms with van der Waals surface area (Å²) in [5.41, 5.74) is 1.89. The van der Waals surface area contributed by atoms with Gasteiger partial charge in [-0.1, -0.05) is 29.3 Å². The molecule has 0 radical (unpaired) electrons. The standard InChI is InChI=1S/C15H17Cl2N3/c1-10-2-3-12(14(17)13(10)16)15-19-8-9-20(15)11-4-6-18-7-5-11/h2-3,8-9,11,18H,4-7H2,1H3. The minimum absolute atomic E-state index is 0.477. The Hall–Kier alpha value is -1.03. The lowest BCUT2D eigenvalue weighted by Gasteiger charge is -2.25. The largest absolute Gasteiger partial charge is 0.328 e. The summed E-state index contributed by atoms with van der Waals surface area (Å²) >= 11 is 12.7. The van der Waals surface area contributed by atoms with Crippen molar-refractivity contribution in [3.63, 3.8) is 0 Å². The highest BCUT2D eigenvalue weighted by molar-refractivity contribution is 6.44. The van der Waals surface area contributed by atoms with Gasteiger partial charge >= 0.3 is 0 Å². The number of halogens is 2. The Morgan fingerprint density at radius 3 is 2.70 bits per heavy atom. The molecule has 5 heteroatoms. The summed E-state index contributed by atoms with van der Waals surface area (Å²) < 4.78 is 2.23. The summed E-state index contributed by atoms with van der Waals surface area (Å²) in [4.78, 5) is 4.49. The molecule has 1 aliphatic heterocycles. The minimum Gasteiger partial charge on any atom is -0.328 e. The van der Waals surface area contributed by atoms with Gasteiger partial charge in [0.25, 0.3) is 0 Å². The third-order valence-electron chi connectivity index (χ3n) is 3.89. The number of hydrogen-bond donors (Lipinski definition) is 1. The number of hydrogen-bond acceptors (Lipinski definition) is 2. The molecule has 2 aromatic rings. The number of nitrogens with one attached hydrogen (secondary N) is 1. The summed E-state index contributed by atoms with van der Waals surface area (Å²) in [6.07, 6.45) is 6.10. The molecule has 0 bridgehead atoms. The molecule has 0 atom stereocenters. The van der Waals surface area contributed by atoms with Gasteiger partial charge in [-0.3, -0.25) is 0 Å². The van der Waals surface area contributed by atoms with E-state index >= 15 is 0 Å². The first-order chi connectivity index (χ1) is 9.68. The van der Waals surface area contributed by atoms with Gasteiger partial charge in [-0.25, -0.2) is 4.98 Å². The molecule has 0 unspecified atom stereocenters. The lowest BCUT2D eigenvalue weighted by molar-refractivity contribution is 0.370.